The normalized spacial score (nSPS) is 19.5. The predicted octanol–water partition coefficient (Wildman–Crippen LogP) is 7.83. The molecule has 3 aromatic heterocycles. The fraction of sp³-hybridized carbons (Fsp3) is 0.413. The Morgan fingerprint density at radius 2 is 1.68 bits per heavy atom. The number of rotatable bonds is 9. The molecule has 0 saturated carbocycles. The lowest BCUT2D eigenvalue weighted by atomic mass is 9.91. The highest BCUT2D eigenvalue weighted by molar-refractivity contribution is 7.93. The molecule has 0 N–H and O–H groups in total. The van der Waals surface area contributed by atoms with Crippen molar-refractivity contribution in [1.82, 2.24) is 28.4 Å². The Morgan fingerprint density at radius 1 is 0.950 bits per heavy atom. The van der Waals surface area contributed by atoms with E-state index in [9.17, 15) is 9.00 Å². The van der Waals surface area contributed by atoms with Crippen LogP contribution in [0.15, 0.2) is 87.1 Å². The first-order valence-corrected chi connectivity index (χ1v) is 22.7. The molecular formula is C46H52FN7O5S. The van der Waals surface area contributed by atoms with Gasteiger partial charge in [0.15, 0.2) is 0 Å². The summed E-state index contributed by atoms with van der Waals surface area (Å²) in [5.74, 6) is 0.885. The molecule has 3 atom stereocenters. The highest BCUT2D eigenvalue weighted by atomic mass is 32.2. The first-order chi connectivity index (χ1) is 29.0. The molecule has 3 aliphatic rings. The Morgan fingerprint density at radius 3 is 2.37 bits per heavy atom. The van der Waals surface area contributed by atoms with Crippen LogP contribution in [0.4, 0.5) is 4.39 Å². The van der Waals surface area contributed by atoms with Gasteiger partial charge in [0.05, 0.1) is 38.9 Å². The topological polar surface area (TPSA) is 118 Å². The highest BCUT2D eigenvalue weighted by Gasteiger charge is 2.37. The molecule has 60 heavy (non-hydrogen) atoms. The van der Waals surface area contributed by atoms with Crippen LogP contribution < -0.4 is 5.69 Å². The quantitative estimate of drug-likeness (QED) is 0.147. The maximum atomic E-state index is 15.1. The van der Waals surface area contributed by atoms with E-state index in [1.807, 2.05) is 24.8 Å². The largest absolute Gasteiger partial charge is 0.381 e. The number of halogens is 1. The van der Waals surface area contributed by atoms with Crippen LogP contribution in [-0.4, -0.2) is 83.8 Å². The first-order valence-electron chi connectivity index (χ1n) is 21.1. The summed E-state index contributed by atoms with van der Waals surface area (Å²) < 4.78 is 51.1. The van der Waals surface area contributed by atoms with Gasteiger partial charge in [-0.1, -0.05) is 13.0 Å². The summed E-state index contributed by atoms with van der Waals surface area (Å²) in [5.41, 5.74) is 6.16. The predicted molar refractivity (Wildman–Crippen MR) is 230 cm³/mol. The summed E-state index contributed by atoms with van der Waals surface area (Å²) in [6.45, 7) is 10.5. The van der Waals surface area contributed by atoms with Crippen molar-refractivity contribution in [3.8, 4) is 17.2 Å². The zero-order valence-electron chi connectivity index (χ0n) is 34.9. The summed E-state index contributed by atoms with van der Waals surface area (Å²) in [6, 6.07) is 18.7. The lowest BCUT2D eigenvalue weighted by Crippen LogP contribution is -2.40. The molecule has 314 valence electrons. The number of aryl methyl sites for hydroxylation is 2. The minimum atomic E-state index is -2.55. The fourth-order valence-corrected chi connectivity index (χ4v) is 10.8. The number of hydrogen-bond donors (Lipinski definition) is 0. The number of benzene rings is 3. The average molecular weight is 834 g/mol. The van der Waals surface area contributed by atoms with Crippen molar-refractivity contribution in [3.05, 3.63) is 123 Å². The highest BCUT2D eigenvalue weighted by Crippen LogP contribution is 2.38. The molecule has 3 aromatic carbocycles. The van der Waals surface area contributed by atoms with Gasteiger partial charge in [-0.2, -0.15) is 5.10 Å². The minimum absolute atomic E-state index is 0.0182. The summed E-state index contributed by atoms with van der Waals surface area (Å²) in [4.78, 5) is 32.2. The summed E-state index contributed by atoms with van der Waals surface area (Å²) in [5, 5.41) is 6.13. The molecule has 14 heteroatoms. The van der Waals surface area contributed by atoms with E-state index >= 15 is 9.18 Å². The van der Waals surface area contributed by atoms with E-state index < -0.39 is 15.8 Å². The molecule has 0 bridgehead atoms. The molecule has 12 nitrogen and oxygen atoms in total. The van der Waals surface area contributed by atoms with E-state index in [0.717, 1.165) is 67.7 Å². The summed E-state index contributed by atoms with van der Waals surface area (Å²) in [6.07, 6.45) is 7.76. The lowest BCUT2D eigenvalue weighted by molar-refractivity contribution is 0.0654. The third-order valence-electron chi connectivity index (χ3n) is 12.8. The van der Waals surface area contributed by atoms with Crippen molar-refractivity contribution in [2.24, 2.45) is 4.36 Å². The van der Waals surface area contributed by atoms with Crippen molar-refractivity contribution < 1.29 is 22.9 Å². The smallest absolute Gasteiger partial charge is 0.338 e. The molecule has 3 aliphatic heterocycles. The number of ether oxygens (including phenoxy) is 2. The van der Waals surface area contributed by atoms with Crippen molar-refractivity contribution >= 4 is 26.5 Å². The van der Waals surface area contributed by atoms with Crippen LogP contribution in [-0.2, 0) is 32.2 Å². The molecule has 1 amide bonds. The van der Waals surface area contributed by atoms with Gasteiger partial charge in [-0.15, -0.1) is 0 Å². The number of carbonyl (C=O) groups is 1. The molecule has 6 heterocycles. The molecule has 0 radical (unpaired) electrons. The third-order valence-corrected chi connectivity index (χ3v) is 15.2. The van der Waals surface area contributed by atoms with Gasteiger partial charge in [-0.3, -0.25) is 13.9 Å². The Hall–Kier alpha value is -5.31. The first kappa shape index (κ1) is 40.1. The number of fused-ring (bicyclic) bond motifs is 2. The monoisotopic (exact) mass is 833 g/mol. The molecule has 2 saturated heterocycles. The number of hydrogen-bond acceptors (Lipinski definition) is 7. The lowest BCUT2D eigenvalue weighted by Gasteiger charge is -2.34. The summed E-state index contributed by atoms with van der Waals surface area (Å²) >= 11 is 0. The average Bonchev–Trinajstić information content (AvgIpc) is 4.08. The van der Waals surface area contributed by atoms with Crippen molar-refractivity contribution in [3.63, 3.8) is 0 Å². The molecular weight excluding hydrogens is 782 g/mol. The SMILES string of the molecule is CC[S@@](=O)(=NC)c1ccc(-n2ccn(-c3c4c(nn3-c3cc(C)c(F)c(C)c3)CCN(C(=O)c3cc5cc(C6CCOCC6)ccc5n3CC3CCCO3)[C@H]4C)c2=O)cc1. The van der Waals surface area contributed by atoms with E-state index in [4.69, 9.17) is 14.6 Å². The second-order valence-electron chi connectivity index (χ2n) is 16.3. The van der Waals surface area contributed by atoms with Gasteiger partial charge in [0.1, 0.15) is 17.3 Å². The van der Waals surface area contributed by atoms with E-state index in [1.165, 1.54) is 10.1 Å². The molecule has 2 fully saturated rings. The van der Waals surface area contributed by atoms with Gasteiger partial charge in [0.2, 0.25) is 0 Å². The number of aromatic nitrogens is 5. The van der Waals surface area contributed by atoms with Crippen LogP contribution in [0.25, 0.3) is 28.1 Å². The van der Waals surface area contributed by atoms with Crippen molar-refractivity contribution in [2.75, 3.05) is 39.2 Å². The second-order valence-corrected chi connectivity index (χ2v) is 19.0. The molecule has 9 rings (SSSR count). The second kappa shape index (κ2) is 15.9. The van der Waals surface area contributed by atoms with Gasteiger partial charge < -0.3 is 18.9 Å². The van der Waals surface area contributed by atoms with Crippen molar-refractivity contribution in [1.29, 1.82) is 0 Å². The van der Waals surface area contributed by atoms with Gasteiger partial charge >= 0.3 is 5.69 Å². The van der Waals surface area contributed by atoms with E-state index in [2.05, 4.69) is 27.1 Å². The molecule has 0 spiro atoms. The van der Waals surface area contributed by atoms with Crippen LogP contribution in [0, 0.1) is 19.7 Å². The standard InChI is InChI=1S/C46H52FN7O5S/c1-6-60(57,48-5)38-12-10-35(11-13-38)51-19-20-52(46(51)56)44-42-31(4)50(18-15-39(42)49-54(44)36-24-29(2)43(47)30(3)25-36)45(55)41-27-34-26-33(32-16-22-58-23-17-32)9-14-40(34)53(41)28-37-8-7-21-59-37/h9-14,19-20,24-27,31-32,37H,6-8,15-18,21-23,28H2,1-5H3/t31-,37?,60-/m0/s1. The Bertz CT molecular complexity index is 2770. The van der Waals surface area contributed by atoms with Crippen LogP contribution in [0.2, 0.25) is 0 Å². The molecule has 6 aromatic rings. The fourth-order valence-electron chi connectivity index (χ4n) is 9.43. The van der Waals surface area contributed by atoms with E-state index in [-0.39, 0.29) is 23.5 Å². The van der Waals surface area contributed by atoms with Crippen LogP contribution in [0.3, 0.4) is 0 Å². The summed E-state index contributed by atoms with van der Waals surface area (Å²) in [7, 11) is -0.993. The van der Waals surface area contributed by atoms with Crippen LogP contribution >= 0.6 is 0 Å². The number of imidazole rings is 1. The number of amides is 1. The zero-order chi connectivity index (χ0) is 41.9. The van der Waals surface area contributed by atoms with E-state index in [0.29, 0.717) is 70.1 Å². The Balaban J connectivity index is 1.14. The molecule has 1 unspecified atom stereocenters. The van der Waals surface area contributed by atoms with Gasteiger partial charge in [-0.25, -0.2) is 22.4 Å². The number of nitrogens with zero attached hydrogens (tertiary/aromatic N) is 7. The van der Waals surface area contributed by atoms with Crippen LogP contribution in [0.1, 0.15) is 89.9 Å². The van der Waals surface area contributed by atoms with Gasteiger partial charge in [0, 0.05) is 85.9 Å². The zero-order valence-corrected chi connectivity index (χ0v) is 35.7. The van der Waals surface area contributed by atoms with Gasteiger partial charge in [0.25, 0.3) is 5.91 Å². The Labute approximate surface area is 349 Å². The van der Waals surface area contributed by atoms with Crippen molar-refractivity contribution in [2.45, 2.75) is 89.3 Å². The molecule has 0 aliphatic carbocycles. The van der Waals surface area contributed by atoms with Crippen LogP contribution in [0.5, 0.6) is 0 Å². The Kier molecular flexibility index (Phi) is 10.7. The van der Waals surface area contributed by atoms with Gasteiger partial charge in [-0.05, 0) is 124 Å². The third kappa shape index (κ3) is 6.91. The number of carbonyl (C=O) groups excluding carboxylic acids is 1. The van der Waals surface area contributed by atoms with E-state index in [1.54, 1.807) is 78.9 Å². The minimum Gasteiger partial charge on any atom is -0.381 e. The maximum absolute atomic E-state index is 15.1. The maximum Gasteiger partial charge on any atom is 0.338 e.